The molecule has 27 rings (SSSR count). The van der Waals surface area contributed by atoms with Crippen molar-refractivity contribution in [1.82, 2.24) is 9.13 Å². The van der Waals surface area contributed by atoms with E-state index >= 15 is 0 Å². The highest BCUT2D eigenvalue weighted by Gasteiger charge is 2.64. The average molecular weight is 1640 g/mol. The van der Waals surface area contributed by atoms with Crippen molar-refractivity contribution in [3.8, 4) is 55.9 Å². The molecule has 18 aromatic rings. The van der Waals surface area contributed by atoms with E-state index in [0.717, 1.165) is 65.2 Å². The molecule has 7 saturated carbocycles. The van der Waals surface area contributed by atoms with Crippen molar-refractivity contribution in [1.29, 1.82) is 0 Å². The zero-order chi connectivity index (χ0) is 84.8. The summed E-state index contributed by atoms with van der Waals surface area (Å²) in [6, 6.07) is 147. The lowest BCUT2D eigenvalue weighted by atomic mass is 9.39. The highest BCUT2D eigenvalue weighted by molar-refractivity contribution is 6.10. The molecule has 7 fully saturated rings. The van der Waals surface area contributed by atoms with Gasteiger partial charge in [0, 0.05) is 88.6 Å². The van der Waals surface area contributed by atoms with Crippen LogP contribution in [0.4, 0.5) is 34.1 Å². The monoisotopic (exact) mass is 1640 g/mol. The maximum Gasteiger partial charge on any atom is 0.0541 e. The van der Waals surface area contributed by atoms with Crippen LogP contribution < -0.4 is 9.80 Å². The number of hydrogen-bond donors (Lipinski definition) is 0. The molecule has 9 aliphatic carbocycles. The zero-order valence-corrected chi connectivity index (χ0v) is 73.6. The molecule has 4 heteroatoms. The normalized spacial score (nSPS) is 23.1. The molecule has 618 valence electrons. The van der Waals surface area contributed by atoms with Crippen LogP contribution in [0.2, 0.25) is 0 Å². The minimum Gasteiger partial charge on any atom is -0.310 e. The van der Waals surface area contributed by atoms with E-state index in [2.05, 4.69) is 443 Å². The number of rotatable bonds is 13. The van der Waals surface area contributed by atoms with Crippen LogP contribution in [0.15, 0.2) is 382 Å². The van der Waals surface area contributed by atoms with Crippen LogP contribution in [-0.2, 0) is 27.1 Å². The van der Waals surface area contributed by atoms with Crippen LogP contribution in [0.1, 0.15) is 149 Å². The Bertz CT molecular complexity index is 7280. The predicted octanol–water partition coefficient (Wildman–Crippen LogP) is 32.2. The van der Waals surface area contributed by atoms with Gasteiger partial charge in [-0.1, -0.05) is 308 Å². The van der Waals surface area contributed by atoms with Crippen molar-refractivity contribution in [3.05, 3.63) is 432 Å². The van der Waals surface area contributed by atoms with Gasteiger partial charge in [-0.05, 0) is 309 Å². The number of aromatic nitrogens is 2. The van der Waals surface area contributed by atoms with Crippen LogP contribution in [0.3, 0.4) is 0 Å². The Hall–Kier alpha value is -13.3. The largest absolute Gasteiger partial charge is 0.310 e. The lowest BCUT2D eigenvalue weighted by Crippen LogP contribution is -2.58. The van der Waals surface area contributed by atoms with Crippen molar-refractivity contribution >= 4 is 77.7 Å². The summed E-state index contributed by atoms with van der Waals surface area (Å²) < 4.78 is 4.86. The molecule has 0 amide bonds. The predicted molar refractivity (Wildman–Crippen MR) is 530 cm³/mol. The second-order valence-corrected chi connectivity index (χ2v) is 40.3. The summed E-state index contributed by atoms with van der Waals surface area (Å²) >= 11 is 0. The first-order valence-corrected chi connectivity index (χ1v) is 47.0. The van der Waals surface area contributed by atoms with Crippen LogP contribution in [0, 0.1) is 41.4 Å². The van der Waals surface area contributed by atoms with E-state index in [1.54, 1.807) is 11.1 Å². The molecule has 2 heterocycles. The number of fused-ring (bicyclic) bond motifs is 13. The van der Waals surface area contributed by atoms with Gasteiger partial charge < -0.3 is 18.9 Å². The number of hydrogen-bond acceptors (Lipinski definition) is 2. The number of anilines is 6. The Morgan fingerprint density at radius 2 is 0.677 bits per heavy atom. The summed E-state index contributed by atoms with van der Waals surface area (Å²) in [6.45, 7) is 15.3. The molecule has 0 radical (unpaired) electrons. The second-order valence-electron chi connectivity index (χ2n) is 40.3. The van der Waals surface area contributed by atoms with Crippen molar-refractivity contribution in [3.63, 3.8) is 0 Å². The highest BCUT2D eigenvalue weighted by atomic mass is 15.2. The maximum absolute atomic E-state index is 2.65. The van der Waals surface area contributed by atoms with Crippen LogP contribution >= 0.6 is 0 Å². The summed E-state index contributed by atoms with van der Waals surface area (Å²) in [7, 11) is 0. The van der Waals surface area contributed by atoms with Crippen molar-refractivity contribution in [2.45, 2.75) is 126 Å². The smallest absolute Gasteiger partial charge is 0.0541 e. The summed E-state index contributed by atoms with van der Waals surface area (Å²) in [5.41, 5.74) is 36.5. The summed E-state index contributed by atoms with van der Waals surface area (Å²) in [5, 5.41) is 5.08. The molecule has 2 unspecified atom stereocenters. The molecule has 2 aromatic heterocycles. The van der Waals surface area contributed by atoms with Gasteiger partial charge in [0.05, 0.1) is 27.8 Å². The topological polar surface area (TPSA) is 16.3 Å². The highest BCUT2D eigenvalue weighted by Crippen LogP contribution is 2.71. The molecule has 6 bridgehead atoms. The van der Waals surface area contributed by atoms with Gasteiger partial charge in [-0.15, -0.1) is 0 Å². The fourth-order valence-electron chi connectivity index (χ4n) is 27.8. The van der Waals surface area contributed by atoms with Crippen molar-refractivity contribution in [2.75, 3.05) is 9.80 Å². The quantitative estimate of drug-likeness (QED) is 0.114. The lowest BCUT2D eigenvalue weighted by molar-refractivity contribution is -0.0443. The first-order valence-electron chi connectivity index (χ1n) is 47.0. The Kier molecular flexibility index (Phi) is 17.3. The standard InChI is InChI=1S/C123H106N4/c1-79-65-91-66-80(2)121(77-79,78-122(91)108-42-17-15-40-106(108)119(3,4)112-76-100(61-63-109(112)122)125(114-44-19-10-35-101(114)86-27-8-7-9-28-86)95-59-53-85(54-60-95)89-31-26-34-98(74-89)127-117-47-22-13-38-104(117)105-39-14-23-48-118(105)127)90-55-49-83(50-56-90)87-29-24-32-96(72-87)124(94-57-51-84(52-58-94)88-30-25-33-97(73-88)126-115-45-20-11-36-102(115)103-37-12-21-46-116(103)126)99-62-64-111-113(75-99)120(5,6)107-41-16-18-43-110(107)123(111)92-68-81-67-82(70-92)71-93(123)69-81/h7-64,72-76,79-82,91-93H,65-71,77-78H2,1-6H3/t79-,80+,81?,82?,91+,92?,93?,121?,122?,123?/m0/s1. The van der Waals surface area contributed by atoms with Gasteiger partial charge in [-0.2, -0.15) is 0 Å². The number of nitrogens with zero attached hydrogens (tertiary/aromatic N) is 4. The van der Waals surface area contributed by atoms with Crippen LogP contribution in [0.25, 0.3) is 99.5 Å². The van der Waals surface area contributed by atoms with E-state index in [-0.39, 0.29) is 27.1 Å². The molecule has 4 nitrogen and oxygen atoms in total. The molecule has 9 aliphatic rings. The number of benzene rings is 16. The molecular weight excluding hydrogens is 1530 g/mol. The Labute approximate surface area is 747 Å². The first-order chi connectivity index (χ1) is 62.2. The SMILES string of the molecule is C[C@H]1C[C@@H]2C[C@@H](C)C(c3ccc(-c4cccc(N(c5ccc(-c6cccc(-n7c8ccccc8c8ccccc87)c6)cc5)c5ccc6c(c5)C(C)(C)c5ccccc5C65C6CC7CC(C6)CC5C7)c4)cc3)(C1)CC21c2ccccc2C(C)(C)c2cc(N(c3ccc(-c4cccc(-n5c6ccccc6c6ccccc65)c4)cc3)c3ccccc3-c3ccccc3)ccc21. The molecule has 0 aliphatic heterocycles. The van der Waals surface area contributed by atoms with Gasteiger partial charge in [0.1, 0.15) is 0 Å². The van der Waals surface area contributed by atoms with E-state index in [1.165, 1.54) is 177 Å². The summed E-state index contributed by atoms with van der Waals surface area (Å²) in [4.78, 5) is 5.14. The number of para-hydroxylation sites is 5. The minimum atomic E-state index is -0.309. The zero-order valence-electron chi connectivity index (χ0n) is 73.6. The van der Waals surface area contributed by atoms with Gasteiger partial charge in [-0.25, -0.2) is 0 Å². The van der Waals surface area contributed by atoms with Crippen LogP contribution in [0.5, 0.6) is 0 Å². The van der Waals surface area contributed by atoms with Gasteiger partial charge in [0.15, 0.2) is 0 Å². The summed E-state index contributed by atoms with van der Waals surface area (Å²) in [5.74, 6) is 4.51. The Morgan fingerprint density at radius 3 is 1.24 bits per heavy atom. The van der Waals surface area contributed by atoms with Gasteiger partial charge in [0.2, 0.25) is 0 Å². The fourth-order valence-corrected chi connectivity index (χ4v) is 27.8. The maximum atomic E-state index is 2.65. The average Bonchev–Trinajstić information content (AvgIpc) is 1.62. The summed E-state index contributed by atoms with van der Waals surface area (Å²) in [6.07, 6.45) is 11.4. The third-order valence-electron chi connectivity index (χ3n) is 33.0. The Morgan fingerprint density at radius 1 is 0.276 bits per heavy atom. The minimum absolute atomic E-state index is 0.0289. The van der Waals surface area contributed by atoms with Gasteiger partial charge in [-0.3, -0.25) is 0 Å². The molecule has 0 saturated heterocycles. The van der Waals surface area contributed by atoms with Crippen molar-refractivity contribution < 1.29 is 0 Å². The van der Waals surface area contributed by atoms with E-state index < -0.39 is 0 Å². The fraction of sp³-hybridized carbons (Fsp3) is 0.220. The molecule has 127 heavy (non-hydrogen) atoms. The second kappa shape index (κ2) is 28.9. The molecule has 16 aromatic carbocycles. The van der Waals surface area contributed by atoms with E-state index in [1.807, 2.05) is 0 Å². The molecule has 5 atom stereocenters. The Balaban J connectivity index is 0.586. The third kappa shape index (κ3) is 11.5. The van der Waals surface area contributed by atoms with Gasteiger partial charge in [0.25, 0.3) is 0 Å². The molecular formula is C123H106N4. The van der Waals surface area contributed by atoms with E-state index in [4.69, 9.17) is 0 Å². The van der Waals surface area contributed by atoms with Gasteiger partial charge >= 0.3 is 0 Å². The molecule has 0 N–H and O–H groups in total. The molecule has 2 spiro atoms. The first kappa shape index (κ1) is 76.2. The lowest BCUT2D eigenvalue weighted by Gasteiger charge is -2.64. The van der Waals surface area contributed by atoms with E-state index in [0.29, 0.717) is 29.6 Å². The van der Waals surface area contributed by atoms with Crippen molar-refractivity contribution in [2.24, 2.45) is 41.4 Å². The van der Waals surface area contributed by atoms with E-state index in [9.17, 15) is 0 Å². The third-order valence-corrected chi connectivity index (χ3v) is 33.0. The van der Waals surface area contributed by atoms with Crippen LogP contribution in [-0.4, -0.2) is 9.13 Å².